The highest BCUT2D eigenvalue weighted by Crippen LogP contribution is 2.45. The highest BCUT2D eigenvalue weighted by molar-refractivity contribution is 7.98. The molecule has 2 aromatic heterocycles. The normalized spacial score (nSPS) is 11.2. The Hall–Kier alpha value is -1.85. The van der Waals surface area contributed by atoms with Crippen molar-refractivity contribution < 1.29 is 17.9 Å². The van der Waals surface area contributed by atoms with E-state index in [1.165, 1.54) is 26.0 Å². The van der Waals surface area contributed by atoms with E-state index in [-0.39, 0.29) is 16.6 Å². The molecule has 8 nitrogen and oxygen atoms in total. The van der Waals surface area contributed by atoms with Crippen molar-refractivity contribution in [3.05, 3.63) is 34.1 Å². The minimum atomic E-state index is -2.81. The van der Waals surface area contributed by atoms with E-state index in [1.54, 1.807) is 18.3 Å². The largest absolute Gasteiger partial charge is 0.495 e. The second kappa shape index (κ2) is 9.31. The van der Waals surface area contributed by atoms with E-state index in [1.807, 2.05) is 6.26 Å². The second-order valence-corrected chi connectivity index (χ2v) is 7.98. The molecule has 0 bridgehead atoms. The van der Waals surface area contributed by atoms with Crippen LogP contribution in [-0.4, -0.2) is 43.8 Å². The number of aromatic nitrogens is 3. The Morgan fingerprint density at radius 1 is 1.10 bits per heavy atom. The third-order valence-corrected chi connectivity index (χ3v) is 5.73. The van der Waals surface area contributed by atoms with Crippen LogP contribution >= 0.6 is 35.0 Å². The third-order valence-electron chi connectivity index (χ3n) is 4.00. The standard InChI is InChI=1S/C17H16Cl2N4O4S2/c1-26-11-5-12(27-2)15(19)13(14(11)18)9-4-8-6-20-17(28-3)23-16(8)10(22-9)7-21-29(24)25/h4-6,29H,7H2,1-3H3,(H,21,24,25). The first kappa shape index (κ1) is 21.8. The topological polar surface area (TPSA) is 103 Å². The van der Waals surface area contributed by atoms with Gasteiger partial charge in [0.2, 0.25) is 10.9 Å². The van der Waals surface area contributed by atoms with Crippen LogP contribution in [0.15, 0.2) is 23.5 Å². The average molecular weight is 475 g/mol. The van der Waals surface area contributed by atoms with Gasteiger partial charge in [0.25, 0.3) is 0 Å². The molecule has 3 aromatic rings. The molecule has 2 heterocycles. The fourth-order valence-corrected chi connectivity index (χ4v) is 4.00. The van der Waals surface area contributed by atoms with Gasteiger partial charge in [0, 0.05) is 23.2 Å². The van der Waals surface area contributed by atoms with Crippen LogP contribution in [0.3, 0.4) is 0 Å². The van der Waals surface area contributed by atoms with E-state index in [9.17, 15) is 8.42 Å². The molecule has 1 aromatic carbocycles. The number of halogens is 2. The van der Waals surface area contributed by atoms with E-state index in [0.29, 0.717) is 44.5 Å². The van der Waals surface area contributed by atoms with Crippen molar-refractivity contribution in [2.45, 2.75) is 11.7 Å². The molecule has 0 fully saturated rings. The summed E-state index contributed by atoms with van der Waals surface area (Å²) in [6.45, 7) is -0.0514. The Labute approximate surface area is 183 Å². The molecule has 0 aliphatic rings. The Kier molecular flexibility index (Phi) is 7.01. The van der Waals surface area contributed by atoms with Crippen molar-refractivity contribution in [2.75, 3.05) is 20.5 Å². The fraction of sp³-hybridized carbons (Fsp3) is 0.235. The quantitative estimate of drug-likeness (QED) is 0.305. The predicted molar refractivity (Wildman–Crippen MR) is 115 cm³/mol. The summed E-state index contributed by atoms with van der Waals surface area (Å²) in [6.07, 6.45) is 3.48. The van der Waals surface area contributed by atoms with Gasteiger partial charge in [0.1, 0.15) is 11.5 Å². The Morgan fingerprint density at radius 2 is 1.76 bits per heavy atom. The molecule has 29 heavy (non-hydrogen) atoms. The molecule has 3 rings (SSSR count). The van der Waals surface area contributed by atoms with E-state index in [0.717, 1.165) is 0 Å². The zero-order chi connectivity index (χ0) is 21.1. The average Bonchev–Trinajstić information content (AvgIpc) is 2.72. The Bertz CT molecular complexity index is 1120. The first-order valence-electron chi connectivity index (χ1n) is 8.08. The van der Waals surface area contributed by atoms with Crippen LogP contribution in [0, 0.1) is 0 Å². The summed E-state index contributed by atoms with van der Waals surface area (Å²) < 4.78 is 35.1. The van der Waals surface area contributed by atoms with E-state index < -0.39 is 10.9 Å². The van der Waals surface area contributed by atoms with E-state index >= 15 is 0 Å². The van der Waals surface area contributed by atoms with Crippen LogP contribution in [0.4, 0.5) is 0 Å². The highest BCUT2D eigenvalue weighted by Gasteiger charge is 2.21. The lowest BCUT2D eigenvalue weighted by Crippen LogP contribution is -2.13. The molecule has 0 saturated heterocycles. The van der Waals surface area contributed by atoms with Crippen molar-refractivity contribution >= 4 is 56.8 Å². The van der Waals surface area contributed by atoms with Gasteiger partial charge in [-0.2, -0.15) is 0 Å². The van der Waals surface area contributed by atoms with Gasteiger partial charge < -0.3 is 9.47 Å². The first-order valence-corrected chi connectivity index (χ1v) is 11.2. The molecular formula is C17H16Cl2N4O4S2. The number of thioether (sulfide) groups is 1. The number of rotatable bonds is 7. The summed E-state index contributed by atoms with van der Waals surface area (Å²) >= 11 is 14.4. The molecule has 0 aliphatic heterocycles. The molecule has 0 unspecified atom stereocenters. The molecule has 0 spiro atoms. The Morgan fingerprint density at radius 3 is 2.31 bits per heavy atom. The van der Waals surface area contributed by atoms with Crippen LogP contribution < -0.4 is 14.2 Å². The maximum Gasteiger partial charge on any atom is 0.201 e. The number of pyridine rings is 1. The number of thiol groups is 1. The Balaban J connectivity index is 2.30. The fourth-order valence-electron chi connectivity index (χ4n) is 2.69. The van der Waals surface area contributed by atoms with Gasteiger partial charge in [-0.15, -0.1) is 0 Å². The van der Waals surface area contributed by atoms with Crippen molar-refractivity contribution in [2.24, 2.45) is 0 Å². The molecule has 12 heteroatoms. The summed E-state index contributed by atoms with van der Waals surface area (Å²) in [5.41, 5.74) is 1.74. The second-order valence-electron chi connectivity index (χ2n) is 5.62. The van der Waals surface area contributed by atoms with Crippen LogP contribution in [0.1, 0.15) is 5.69 Å². The third kappa shape index (κ3) is 4.51. The van der Waals surface area contributed by atoms with Gasteiger partial charge in [-0.3, -0.25) is 0 Å². The zero-order valence-electron chi connectivity index (χ0n) is 15.5. The lowest BCUT2D eigenvalue weighted by molar-refractivity contribution is 0.395. The molecule has 0 saturated carbocycles. The molecule has 1 N–H and O–H groups in total. The molecule has 0 atom stereocenters. The lowest BCUT2D eigenvalue weighted by Gasteiger charge is -2.15. The van der Waals surface area contributed by atoms with Crippen LogP contribution in [0.2, 0.25) is 10.0 Å². The highest BCUT2D eigenvalue weighted by atomic mass is 35.5. The van der Waals surface area contributed by atoms with Crippen LogP contribution in [0.5, 0.6) is 11.5 Å². The number of ether oxygens (including phenoxy) is 2. The first-order chi connectivity index (χ1) is 13.9. The van der Waals surface area contributed by atoms with Crippen molar-refractivity contribution in [1.82, 2.24) is 19.7 Å². The molecule has 154 valence electrons. The maximum atomic E-state index is 11.0. The minimum absolute atomic E-state index is 0.0514. The summed E-state index contributed by atoms with van der Waals surface area (Å²) in [5, 5.41) is 1.69. The van der Waals surface area contributed by atoms with Crippen molar-refractivity contribution in [1.29, 1.82) is 0 Å². The summed E-state index contributed by atoms with van der Waals surface area (Å²) in [7, 11) is 0.139. The number of benzene rings is 1. The SMILES string of the molecule is COc1cc(OC)c(Cl)c(-c2cc3cnc(SC)nc3c(CN[SH](=O)=O)n2)c1Cl. The number of hydrogen-bond donors (Lipinski definition) is 2. The maximum absolute atomic E-state index is 11.0. The van der Waals surface area contributed by atoms with Gasteiger partial charge in [-0.25, -0.2) is 28.1 Å². The van der Waals surface area contributed by atoms with Gasteiger partial charge in [-0.1, -0.05) is 35.0 Å². The zero-order valence-corrected chi connectivity index (χ0v) is 18.7. The van der Waals surface area contributed by atoms with E-state index in [2.05, 4.69) is 19.7 Å². The van der Waals surface area contributed by atoms with Crippen molar-refractivity contribution in [3.8, 4) is 22.8 Å². The number of nitrogens with zero attached hydrogens (tertiary/aromatic N) is 3. The molecular weight excluding hydrogens is 459 g/mol. The number of methoxy groups -OCH3 is 2. The summed E-state index contributed by atoms with van der Waals surface area (Å²) in [5.74, 6) is 0.724. The smallest absolute Gasteiger partial charge is 0.201 e. The number of nitrogens with one attached hydrogen (secondary N) is 1. The van der Waals surface area contributed by atoms with Gasteiger partial charge in [0.15, 0.2) is 5.16 Å². The number of hydrogen-bond acceptors (Lipinski definition) is 8. The van der Waals surface area contributed by atoms with Crippen molar-refractivity contribution in [3.63, 3.8) is 0 Å². The summed E-state index contributed by atoms with van der Waals surface area (Å²) in [6, 6.07) is 3.31. The minimum Gasteiger partial charge on any atom is -0.495 e. The lowest BCUT2D eigenvalue weighted by atomic mass is 10.1. The van der Waals surface area contributed by atoms with Gasteiger partial charge >= 0.3 is 0 Å². The van der Waals surface area contributed by atoms with Crippen LogP contribution in [0.25, 0.3) is 22.2 Å². The molecule has 0 amide bonds. The molecule has 0 aliphatic carbocycles. The van der Waals surface area contributed by atoms with Gasteiger partial charge in [-0.05, 0) is 12.3 Å². The number of fused-ring (bicyclic) bond motifs is 1. The van der Waals surface area contributed by atoms with E-state index in [4.69, 9.17) is 32.7 Å². The van der Waals surface area contributed by atoms with Crippen LogP contribution in [-0.2, 0) is 17.4 Å². The monoisotopic (exact) mass is 474 g/mol. The predicted octanol–water partition coefficient (Wildman–Crippen LogP) is 3.35. The summed E-state index contributed by atoms with van der Waals surface area (Å²) in [4.78, 5) is 13.3. The molecule has 0 radical (unpaired) electrons. The van der Waals surface area contributed by atoms with Gasteiger partial charge in [0.05, 0.1) is 47.7 Å².